The van der Waals surface area contributed by atoms with Crippen molar-refractivity contribution in [2.24, 2.45) is 0 Å². The van der Waals surface area contributed by atoms with Crippen molar-refractivity contribution in [1.82, 2.24) is 19.9 Å². The van der Waals surface area contributed by atoms with Crippen LogP contribution >= 0.6 is 0 Å². The van der Waals surface area contributed by atoms with Crippen LogP contribution in [0.2, 0.25) is 0 Å². The Balaban J connectivity index is 1.65. The van der Waals surface area contributed by atoms with E-state index in [4.69, 9.17) is 10.5 Å². The molecule has 0 bridgehead atoms. The van der Waals surface area contributed by atoms with Gasteiger partial charge in [-0.25, -0.2) is 13.8 Å². The maximum Gasteiger partial charge on any atom is 0.256 e. The first-order valence-electron chi connectivity index (χ1n) is 11.7. The number of anilines is 2. The Morgan fingerprint density at radius 1 is 1.00 bits per heavy atom. The van der Waals surface area contributed by atoms with E-state index >= 15 is 8.78 Å². The number of fused-ring (bicyclic) bond motifs is 1. The number of nitrogens with one attached hydrogen (secondary N) is 1. The van der Waals surface area contributed by atoms with Crippen LogP contribution in [0.5, 0.6) is 0 Å². The van der Waals surface area contributed by atoms with E-state index < -0.39 is 23.1 Å². The number of halogens is 3. The summed E-state index contributed by atoms with van der Waals surface area (Å²) in [5.41, 5.74) is 7.06. The van der Waals surface area contributed by atoms with Gasteiger partial charge < -0.3 is 25.3 Å². The molecule has 1 aliphatic heterocycles. The van der Waals surface area contributed by atoms with Crippen molar-refractivity contribution in [3.8, 4) is 22.5 Å². The van der Waals surface area contributed by atoms with Crippen LogP contribution in [-0.2, 0) is 11.3 Å². The van der Waals surface area contributed by atoms with Crippen molar-refractivity contribution in [2.45, 2.75) is 6.54 Å². The van der Waals surface area contributed by atoms with Crippen LogP contribution in [0.1, 0.15) is 5.56 Å². The van der Waals surface area contributed by atoms with Crippen molar-refractivity contribution in [2.75, 3.05) is 51.0 Å². The molecular formula is C26H25F3N6O2. The second kappa shape index (κ2) is 9.83. The molecule has 0 spiro atoms. The summed E-state index contributed by atoms with van der Waals surface area (Å²) in [5.74, 6) is -2.33. The minimum Gasteiger partial charge on any atom is -0.382 e. The first-order valence-corrected chi connectivity index (χ1v) is 11.7. The van der Waals surface area contributed by atoms with Crippen molar-refractivity contribution >= 4 is 22.3 Å². The topological polar surface area (TPSA) is 100 Å². The van der Waals surface area contributed by atoms with Gasteiger partial charge in [-0.2, -0.15) is 9.37 Å². The molecule has 8 nitrogen and oxygen atoms in total. The number of aromatic nitrogens is 3. The largest absolute Gasteiger partial charge is 0.382 e. The van der Waals surface area contributed by atoms with Crippen LogP contribution in [0.25, 0.3) is 33.3 Å². The summed E-state index contributed by atoms with van der Waals surface area (Å²) in [6.45, 7) is 2.47. The Bertz CT molecular complexity index is 1550. The number of rotatable bonds is 5. The Morgan fingerprint density at radius 2 is 1.76 bits per heavy atom. The fourth-order valence-corrected chi connectivity index (χ4v) is 4.59. The van der Waals surface area contributed by atoms with Crippen LogP contribution in [0.15, 0.2) is 41.3 Å². The fourth-order valence-electron chi connectivity index (χ4n) is 4.59. The summed E-state index contributed by atoms with van der Waals surface area (Å²) in [6.07, 6.45) is 0.963. The summed E-state index contributed by atoms with van der Waals surface area (Å²) >= 11 is 0. The Kier molecular flexibility index (Phi) is 6.57. The zero-order valence-corrected chi connectivity index (χ0v) is 20.3. The van der Waals surface area contributed by atoms with E-state index in [9.17, 15) is 9.18 Å². The van der Waals surface area contributed by atoms with Crippen LogP contribution in [0.3, 0.4) is 0 Å². The number of hydrogen-bond acceptors (Lipinski definition) is 7. The molecule has 192 valence electrons. The number of nitrogen functional groups attached to an aromatic ring is 1. The van der Waals surface area contributed by atoms with E-state index in [1.54, 1.807) is 6.07 Å². The number of aromatic amines is 1. The van der Waals surface area contributed by atoms with Crippen LogP contribution in [0, 0.1) is 17.6 Å². The van der Waals surface area contributed by atoms with Crippen molar-refractivity contribution in [1.29, 1.82) is 0 Å². The van der Waals surface area contributed by atoms with Gasteiger partial charge in [0, 0.05) is 47.7 Å². The minimum atomic E-state index is -0.959. The van der Waals surface area contributed by atoms with Crippen LogP contribution < -0.4 is 16.2 Å². The monoisotopic (exact) mass is 510 g/mol. The number of morpholine rings is 1. The zero-order chi connectivity index (χ0) is 26.3. The molecule has 37 heavy (non-hydrogen) atoms. The van der Waals surface area contributed by atoms with Gasteiger partial charge in [0.15, 0.2) is 5.82 Å². The molecule has 2 aromatic heterocycles. The third-order valence-electron chi connectivity index (χ3n) is 6.23. The number of benzene rings is 2. The van der Waals surface area contributed by atoms with E-state index in [0.29, 0.717) is 49.7 Å². The average molecular weight is 511 g/mol. The van der Waals surface area contributed by atoms with Gasteiger partial charge in [0.2, 0.25) is 5.95 Å². The van der Waals surface area contributed by atoms with Gasteiger partial charge in [0.05, 0.1) is 18.9 Å². The summed E-state index contributed by atoms with van der Waals surface area (Å²) in [4.78, 5) is 26.4. The molecule has 0 radical (unpaired) electrons. The molecule has 3 N–H and O–H groups in total. The maximum atomic E-state index is 15.6. The minimum absolute atomic E-state index is 0.0579. The number of ether oxygens (including phenoxy) is 1. The Morgan fingerprint density at radius 3 is 2.49 bits per heavy atom. The number of nitrogens with zero attached hydrogens (tertiary/aromatic N) is 4. The molecule has 1 aliphatic rings. The Labute approximate surface area is 210 Å². The van der Waals surface area contributed by atoms with E-state index in [1.165, 1.54) is 24.3 Å². The molecule has 0 unspecified atom stereocenters. The van der Waals surface area contributed by atoms with E-state index in [1.807, 2.05) is 23.9 Å². The van der Waals surface area contributed by atoms with Crippen molar-refractivity contribution in [3.63, 3.8) is 0 Å². The van der Waals surface area contributed by atoms with Gasteiger partial charge in [-0.05, 0) is 43.9 Å². The predicted octanol–water partition coefficient (Wildman–Crippen LogP) is 3.55. The van der Waals surface area contributed by atoms with E-state index in [-0.39, 0.29) is 33.5 Å². The predicted molar refractivity (Wildman–Crippen MR) is 136 cm³/mol. The third-order valence-corrected chi connectivity index (χ3v) is 6.23. The standard InChI is InChI=1S/C26H25F3N6O2/c1-34(2)13-16-9-15(11-19(27)23(16)35-5-7-37-8-6-35)21-24(29)33-25(30)22(32-21)14-3-4-17-18(10-14)20(28)12-31-26(17)36/h3-4,9-12H,5-8,13H2,1-2H3,(H2,30,33)(H,31,36). The number of hydrogen-bond donors (Lipinski definition) is 2. The number of H-pyrrole nitrogens is 1. The highest BCUT2D eigenvalue weighted by molar-refractivity contribution is 5.88. The summed E-state index contributed by atoms with van der Waals surface area (Å²) in [7, 11) is 3.72. The van der Waals surface area contributed by atoms with E-state index in [0.717, 1.165) is 6.20 Å². The highest BCUT2D eigenvalue weighted by atomic mass is 19.1. The molecular weight excluding hydrogens is 485 g/mol. The molecule has 4 aromatic rings. The first-order chi connectivity index (χ1) is 17.7. The molecule has 11 heteroatoms. The first kappa shape index (κ1) is 24.7. The molecule has 0 saturated carbocycles. The lowest BCUT2D eigenvalue weighted by atomic mass is 10.0. The Hall–Kier alpha value is -3.96. The van der Waals surface area contributed by atoms with Gasteiger partial charge >= 0.3 is 0 Å². The quantitative estimate of drug-likeness (QED) is 0.424. The van der Waals surface area contributed by atoms with Crippen molar-refractivity contribution < 1.29 is 17.9 Å². The maximum absolute atomic E-state index is 15.6. The summed E-state index contributed by atoms with van der Waals surface area (Å²) in [6, 6.07) is 7.29. The smallest absolute Gasteiger partial charge is 0.256 e. The van der Waals surface area contributed by atoms with Gasteiger partial charge in [-0.15, -0.1) is 0 Å². The highest BCUT2D eigenvalue weighted by Crippen LogP contribution is 2.34. The lowest BCUT2D eigenvalue weighted by Crippen LogP contribution is -2.37. The SMILES string of the molecule is CN(C)Cc1cc(-c2nc(-c3ccc4c(=O)[nH]cc(F)c4c3)c(N)nc2F)cc(F)c1N1CCOCC1. The summed E-state index contributed by atoms with van der Waals surface area (Å²) < 4.78 is 50.4. The van der Waals surface area contributed by atoms with Gasteiger partial charge in [0.25, 0.3) is 5.56 Å². The molecule has 3 heterocycles. The molecule has 0 amide bonds. The second-order valence-corrected chi connectivity index (χ2v) is 9.13. The molecule has 0 atom stereocenters. The fraction of sp³-hybridized carbons (Fsp3) is 0.269. The van der Waals surface area contributed by atoms with Gasteiger partial charge in [-0.3, -0.25) is 4.79 Å². The normalized spacial score (nSPS) is 14.1. The lowest BCUT2D eigenvalue weighted by Gasteiger charge is -2.31. The second-order valence-electron chi connectivity index (χ2n) is 9.13. The van der Waals surface area contributed by atoms with Crippen LogP contribution in [-0.4, -0.2) is 60.3 Å². The summed E-state index contributed by atoms with van der Waals surface area (Å²) in [5, 5.41) is 0.203. The third kappa shape index (κ3) is 4.75. The van der Waals surface area contributed by atoms with E-state index in [2.05, 4.69) is 15.0 Å². The molecule has 0 aliphatic carbocycles. The van der Waals surface area contributed by atoms with Crippen LogP contribution in [0.4, 0.5) is 24.7 Å². The highest BCUT2D eigenvalue weighted by Gasteiger charge is 2.23. The van der Waals surface area contributed by atoms with Gasteiger partial charge in [0.1, 0.15) is 23.0 Å². The number of nitrogens with two attached hydrogens (primary N) is 1. The molecule has 5 rings (SSSR count). The average Bonchev–Trinajstić information content (AvgIpc) is 2.86. The number of pyridine rings is 1. The molecule has 2 aromatic carbocycles. The molecule has 1 fully saturated rings. The lowest BCUT2D eigenvalue weighted by molar-refractivity contribution is 0.122. The van der Waals surface area contributed by atoms with Gasteiger partial charge in [-0.1, -0.05) is 6.07 Å². The van der Waals surface area contributed by atoms with Crippen molar-refractivity contribution in [3.05, 3.63) is 70.0 Å². The zero-order valence-electron chi connectivity index (χ0n) is 20.3. The molecule has 1 saturated heterocycles.